The molecule has 1 atom stereocenters. The van der Waals surface area contributed by atoms with E-state index in [4.69, 9.17) is 10.00 Å². The van der Waals surface area contributed by atoms with E-state index < -0.39 is 10.8 Å². The fourth-order valence-corrected chi connectivity index (χ4v) is 3.73. The van der Waals surface area contributed by atoms with Crippen LogP contribution in [0.5, 0.6) is 5.75 Å². The lowest BCUT2D eigenvalue weighted by Crippen LogP contribution is -2.15. The molecule has 1 aromatic rings. The van der Waals surface area contributed by atoms with E-state index in [1.165, 1.54) is 25.7 Å². The molecule has 2 rings (SSSR count). The minimum Gasteiger partial charge on any atom is -0.493 e. The molecule has 0 radical (unpaired) electrons. The van der Waals surface area contributed by atoms with Gasteiger partial charge in [0.1, 0.15) is 5.75 Å². The second-order valence-electron chi connectivity index (χ2n) is 4.95. The minimum atomic E-state index is -0.781. The van der Waals surface area contributed by atoms with Crippen LogP contribution in [0.15, 0.2) is 24.3 Å². The largest absolute Gasteiger partial charge is 0.493 e. The van der Waals surface area contributed by atoms with E-state index in [1.54, 1.807) is 18.2 Å². The molecular formula is C15H19NO2S. The van der Waals surface area contributed by atoms with Gasteiger partial charge in [0.25, 0.3) is 0 Å². The highest BCUT2D eigenvalue weighted by molar-refractivity contribution is 7.85. The van der Waals surface area contributed by atoms with Gasteiger partial charge in [-0.2, -0.15) is 5.26 Å². The van der Waals surface area contributed by atoms with Gasteiger partial charge < -0.3 is 4.74 Å². The Bertz CT molecular complexity index is 475. The fourth-order valence-electron chi connectivity index (χ4n) is 2.43. The van der Waals surface area contributed by atoms with Crippen LogP contribution in [0.2, 0.25) is 0 Å². The normalized spacial score (nSPS) is 17.0. The average molecular weight is 277 g/mol. The quantitative estimate of drug-likeness (QED) is 0.803. The van der Waals surface area contributed by atoms with Gasteiger partial charge in [0, 0.05) is 16.6 Å². The summed E-state index contributed by atoms with van der Waals surface area (Å²) in [6.07, 6.45) is 5.05. The van der Waals surface area contributed by atoms with Crippen molar-refractivity contribution in [2.75, 3.05) is 18.1 Å². The van der Waals surface area contributed by atoms with Crippen LogP contribution < -0.4 is 4.74 Å². The van der Waals surface area contributed by atoms with Crippen molar-refractivity contribution in [3.8, 4) is 11.8 Å². The first-order valence-electron chi connectivity index (χ1n) is 6.76. The summed E-state index contributed by atoms with van der Waals surface area (Å²) in [6.45, 7) is 0.453. The Kier molecular flexibility index (Phi) is 5.41. The molecule has 0 heterocycles. The summed E-state index contributed by atoms with van der Waals surface area (Å²) < 4.78 is 17.4. The maximum atomic E-state index is 11.9. The maximum Gasteiger partial charge on any atom is 0.120 e. The number of ether oxygens (including phenoxy) is 1. The Hall–Kier alpha value is -1.34. The lowest BCUT2D eigenvalue weighted by molar-refractivity contribution is 0.342. The van der Waals surface area contributed by atoms with Crippen molar-refractivity contribution in [3.63, 3.8) is 0 Å². The number of nitrogens with zero attached hydrogens (tertiary/aromatic N) is 1. The summed E-state index contributed by atoms with van der Waals surface area (Å²) in [5.74, 6) is 2.73. The van der Waals surface area contributed by atoms with Crippen molar-refractivity contribution in [3.05, 3.63) is 29.8 Å². The van der Waals surface area contributed by atoms with Gasteiger partial charge in [0.05, 0.1) is 24.0 Å². The van der Waals surface area contributed by atoms with Gasteiger partial charge in [-0.25, -0.2) is 0 Å². The molecule has 0 bridgehead atoms. The molecule has 0 aromatic heterocycles. The molecule has 0 N–H and O–H groups in total. The molecule has 0 amide bonds. The minimum absolute atomic E-state index is 0.453. The van der Waals surface area contributed by atoms with Crippen LogP contribution in [0.25, 0.3) is 0 Å². The van der Waals surface area contributed by atoms with Crippen molar-refractivity contribution in [2.45, 2.75) is 25.7 Å². The van der Waals surface area contributed by atoms with Gasteiger partial charge in [-0.15, -0.1) is 0 Å². The fraction of sp³-hybridized carbons (Fsp3) is 0.533. The number of benzene rings is 1. The third kappa shape index (κ3) is 4.68. The predicted octanol–water partition coefficient (Wildman–Crippen LogP) is 2.88. The smallest absolute Gasteiger partial charge is 0.120 e. The molecule has 4 heteroatoms. The molecule has 1 unspecified atom stereocenters. The van der Waals surface area contributed by atoms with Gasteiger partial charge >= 0.3 is 0 Å². The van der Waals surface area contributed by atoms with E-state index in [1.807, 2.05) is 6.07 Å². The van der Waals surface area contributed by atoms with E-state index in [2.05, 4.69) is 6.07 Å². The van der Waals surface area contributed by atoms with Crippen molar-refractivity contribution in [2.24, 2.45) is 5.92 Å². The van der Waals surface area contributed by atoms with Crippen LogP contribution >= 0.6 is 0 Å². The lowest BCUT2D eigenvalue weighted by Gasteiger charge is -2.09. The third-order valence-electron chi connectivity index (χ3n) is 3.44. The summed E-state index contributed by atoms with van der Waals surface area (Å²) in [6, 6.07) is 9.14. The zero-order valence-electron chi connectivity index (χ0n) is 11.0. The highest BCUT2D eigenvalue weighted by Gasteiger charge is 2.17. The van der Waals surface area contributed by atoms with Gasteiger partial charge in [-0.1, -0.05) is 18.9 Å². The Morgan fingerprint density at radius 3 is 2.89 bits per heavy atom. The molecule has 1 aromatic carbocycles. The van der Waals surface area contributed by atoms with E-state index in [-0.39, 0.29) is 0 Å². The summed E-state index contributed by atoms with van der Waals surface area (Å²) in [5.41, 5.74) is 0.588. The Morgan fingerprint density at radius 2 is 2.16 bits per heavy atom. The van der Waals surface area contributed by atoms with Crippen LogP contribution in [-0.4, -0.2) is 22.3 Å². The lowest BCUT2D eigenvalue weighted by atomic mass is 10.1. The molecule has 1 aliphatic carbocycles. The monoisotopic (exact) mass is 277 g/mol. The summed E-state index contributed by atoms with van der Waals surface area (Å²) in [4.78, 5) is 0. The van der Waals surface area contributed by atoms with Crippen LogP contribution in [-0.2, 0) is 10.8 Å². The van der Waals surface area contributed by atoms with Gasteiger partial charge in [0.15, 0.2) is 0 Å². The van der Waals surface area contributed by atoms with Crippen molar-refractivity contribution in [1.29, 1.82) is 5.26 Å². The highest BCUT2D eigenvalue weighted by atomic mass is 32.2. The summed E-state index contributed by atoms with van der Waals surface area (Å²) in [5, 5.41) is 8.78. The van der Waals surface area contributed by atoms with Gasteiger partial charge in [0.2, 0.25) is 0 Å². The predicted molar refractivity (Wildman–Crippen MR) is 76.5 cm³/mol. The van der Waals surface area contributed by atoms with E-state index >= 15 is 0 Å². The first kappa shape index (κ1) is 14.1. The zero-order valence-corrected chi connectivity index (χ0v) is 11.8. The Balaban J connectivity index is 1.70. The SMILES string of the molecule is N#Cc1cccc(OCCS(=O)CC2CCCC2)c1. The topological polar surface area (TPSA) is 50.1 Å². The highest BCUT2D eigenvalue weighted by Crippen LogP contribution is 2.25. The van der Waals surface area contributed by atoms with Crippen molar-refractivity contribution >= 4 is 10.8 Å². The van der Waals surface area contributed by atoms with Gasteiger partial charge in [-0.05, 0) is 37.0 Å². The number of hydrogen-bond donors (Lipinski definition) is 0. The number of hydrogen-bond acceptors (Lipinski definition) is 3. The van der Waals surface area contributed by atoms with E-state index in [0.29, 0.717) is 29.6 Å². The van der Waals surface area contributed by atoms with Crippen LogP contribution in [0.1, 0.15) is 31.2 Å². The van der Waals surface area contributed by atoms with Crippen LogP contribution in [0.3, 0.4) is 0 Å². The molecule has 0 spiro atoms. The molecule has 1 fully saturated rings. The number of nitriles is 1. The maximum absolute atomic E-state index is 11.9. The summed E-state index contributed by atoms with van der Waals surface area (Å²) >= 11 is 0. The molecule has 0 saturated heterocycles. The zero-order chi connectivity index (χ0) is 13.5. The van der Waals surface area contributed by atoms with Crippen LogP contribution in [0, 0.1) is 17.2 Å². The van der Waals surface area contributed by atoms with E-state index in [0.717, 1.165) is 5.75 Å². The number of rotatable bonds is 6. The Labute approximate surface area is 117 Å². The molecular weight excluding hydrogens is 258 g/mol. The molecule has 1 aliphatic rings. The third-order valence-corrected chi connectivity index (χ3v) is 4.90. The molecule has 3 nitrogen and oxygen atoms in total. The molecule has 19 heavy (non-hydrogen) atoms. The van der Waals surface area contributed by atoms with Crippen LogP contribution in [0.4, 0.5) is 0 Å². The molecule has 0 aliphatic heterocycles. The first-order chi connectivity index (χ1) is 9.28. The molecule has 1 saturated carbocycles. The van der Waals surface area contributed by atoms with E-state index in [9.17, 15) is 4.21 Å². The first-order valence-corrected chi connectivity index (χ1v) is 8.24. The standard InChI is InChI=1S/C15H19NO2S/c16-11-14-6-3-7-15(10-14)18-8-9-19(17)12-13-4-1-2-5-13/h3,6-7,10,13H,1-2,4-5,8-9,12H2. The van der Waals surface area contributed by atoms with Crippen molar-refractivity contribution < 1.29 is 8.95 Å². The second-order valence-corrected chi connectivity index (χ2v) is 6.57. The Morgan fingerprint density at radius 1 is 1.37 bits per heavy atom. The second kappa shape index (κ2) is 7.30. The van der Waals surface area contributed by atoms with Gasteiger partial charge in [-0.3, -0.25) is 4.21 Å². The molecule has 102 valence electrons. The average Bonchev–Trinajstić information content (AvgIpc) is 2.92. The summed E-state index contributed by atoms with van der Waals surface area (Å²) in [7, 11) is -0.781. The van der Waals surface area contributed by atoms with Crippen molar-refractivity contribution in [1.82, 2.24) is 0 Å².